The van der Waals surface area contributed by atoms with Crippen molar-refractivity contribution < 1.29 is 5.11 Å². The van der Waals surface area contributed by atoms with Gasteiger partial charge < -0.3 is 15.3 Å². The van der Waals surface area contributed by atoms with Crippen LogP contribution in [0.4, 0.5) is 5.00 Å². The molecule has 1 rings (SSSR count). The average molecular weight is 244 g/mol. The normalized spacial score (nSPS) is 11.0. The molecular formula is C10H20N4OS. The molecule has 0 fully saturated rings. The Morgan fingerprint density at radius 3 is 2.88 bits per heavy atom. The molecule has 16 heavy (non-hydrogen) atoms. The maximum atomic E-state index is 8.67. The highest BCUT2D eigenvalue weighted by Crippen LogP contribution is 2.17. The van der Waals surface area contributed by atoms with Gasteiger partial charge in [-0.1, -0.05) is 4.49 Å². The van der Waals surface area contributed by atoms with Gasteiger partial charge in [0.2, 0.25) is 0 Å². The largest absolute Gasteiger partial charge is 0.396 e. The lowest BCUT2D eigenvalue weighted by molar-refractivity contribution is 0.270. The van der Waals surface area contributed by atoms with E-state index in [0.717, 1.165) is 43.0 Å². The smallest absolute Gasteiger partial charge is 0.134 e. The summed E-state index contributed by atoms with van der Waals surface area (Å²) < 4.78 is 3.93. The Bertz CT molecular complexity index is 292. The Labute approximate surface area is 101 Å². The van der Waals surface area contributed by atoms with Crippen LogP contribution in [0.5, 0.6) is 0 Å². The van der Waals surface area contributed by atoms with Crippen molar-refractivity contribution in [3.05, 3.63) is 5.69 Å². The molecule has 0 bridgehead atoms. The topological polar surface area (TPSA) is 61.3 Å². The van der Waals surface area contributed by atoms with Gasteiger partial charge in [0.1, 0.15) is 10.7 Å². The van der Waals surface area contributed by atoms with Crippen LogP contribution < -0.4 is 5.32 Å². The van der Waals surface area contributed by atoms with Gasteiger partial charge in [0.05, 0.1) is 0 Å². The summed E-state index contributed by atoms with van der Waals surface area (Å²) in [7, 11) is 3.97. The molecule has 0 atom stereocenters. The molecule has 0 aromatic carbocycles. The van der Waals surface area contributed by atoms with Gasteiger partial charge >= 0.3 is 0 Å². The van der Waals surface area contributed by atoms with E-state index in [4.69, 9.17) is 5.11 Å². The molecule has 1 aromatic rings. The van der Waals surface area contributed by atoms with Crippen molar-refractivity contribution in [1.82, 2.24) is 14.5 Å². The summed E-state index contributed by atoms with van der Waals surface area (Å²) in [4.78, 5) is 2.23. The zero-order valence-corrected chi connectivity index (χ0v) is 10.8. The molecule has 0 saturated heterocycles. The summed E-state index contributed by atoms with van der Waals surface area (Å²) >= 11 is 1.39. The van der Waals surface area contributed by atoms with E-state index in [2.05, 4.69) is 26.9 Å². The molecule has 5 nitrogen and oxygen atoms in total. The number of hydrogen-bond acceptors (Lipinski definition) is 6. The second-order valence-corrected chi connectivity index (χ2v) is 4.57. The van der Waals surface area contributed by atoms with Crippen LogP contribution in [0.3, 0.4) is 0 Å². The average Bonchev–Trinajstić information content (AvgIpc) is 2.71. The molecule has 0 aliphatic carbocycles. The van der Waals surface area contributed by atoms with Crippen LogP contribution in [-0.2, 0) is 6.54 Å². The molecule has 6 heteroatoms. The van der Waals surface area contributed by atoms with E-state index < -0.39 is 0 Å². The molecule has 0 radical (unpaired) electrons. The van der Waals surface area contributed by atoms with Crippen LogP contribution in [0, 0.1) is 0 Å². The summed E-state index contributed by atoms with van der Waals surface area (Å²) in [5.74, 6) is 0. The number of aliphatic hydroxyl groups is 1. The van der Waals surface area contributed by atoms with Gasteiger partial charge in [-0.3, -0.25) is 0 Å². The van der Waals surface area contributed by atoms with Gasteiger partial charge in [0.15, 0.2) is 0 Å². The van der Waals surface area contributed by atoms with E-state index in [0.29, 0.717) is 6.61 Å². The quantitative estimate of drug-likeness (QED) is 0.672. The van der Waals surface area contributed by atoms with Crippen molar-refractivity contribution in [2.75, 3.05) is 32.6 Å². The van der Waals surface area contributed by atoms with Gasteiger partial charge in [-0.15, -0.1) is 5.10 Å². The van der Waals surface area contributed by atoms with Crippen molar-refractivity contribution in [3.63, 3.8) is 0 Å². The minimum Gasteiger partial charge on any atom is -0.396 e. The fraction of sp³-hybridized carbons (Fsp3) is 0.800. The van der Waals surface area contributed by atoms with Crippen LogP contribution in [0.2, 0.25) is 0 Å². The molecule has 1 aromatic heterocycles. The van der Waals surface area contributed by atoms with Crippen molar-refractivity contribution in [3.8, 4) is 0 Å². The molecule has 1 heterocycles. The lowest BCUT2D eigenvalue weighted by Gasteiger charge is -2.15. The maximum absolute atomic E-state index is 8.67. The van der Waals surface area contributed by atoms with Gasteiger partial charge in [-0.25, -0.2) is 0 Å². The Kier molecular flexibility index (Phi) is 6.29. The number of nitrogens with one attached hydrogen (secondary N) is 1. The third kappa shape index (κ3) is 4.42. The third-order valence-electron chi connectivity index (χ3n) is 2.40. The number of hydrogen-bond donors (Lipinski definition) is 2. The lowest BCUT2D eigenvalue weighted by Crippen LogP contribution is -2.20. The third-order valence-corrected chi connectivity index (χ3v) is 3.19. The first-order valence-corrected chi connectivity index (χ1v) is 6.33. The first-order valence-electron chi connectivity index (χ1n) is 5.56. The highest BCUT2D eigenvalue weighted by atomic mass is 32.1. The summed E-state index contributed by atoms with van der Waals surface area (Å²) in [6.45, 7) is 2.15. The Balaban J connectivity index is 2.25. The maximum Gasteiger partial charge on any atom is 0.134 e. The van der Waals surface area contributed by atoms with E-state index in [9.17, 15) is 0 Å². The Morgan fingerprint density at radius 2 is 2.19 bits per heavy atom. The summed E-state index contributed by atoms with van der Waals surface area (Å²) in [5.41, 5.74) is 1.01. The monoisotopic (exact) mass is 244 g/mol. The van der Waals surface area contributed by atoms with Crippen LogP contribution in [0.15, 0.2) is 0 Å². The van der Waals surface area contributed by atoms with Crippen molar-refractivity contribution in [2.24, 2.45) is 0 Å². The van der Waals surface area contributed by atoms with Crippen LogP contribution in [0.1, 0.15) is 25.0 Å². The molecule has 0 aliphatic rings. The second-order valence-electron chi connectivity index (χ2n) is 3.82. The van der Waals surface area contributed by atoms with E-state index in [1.54, 1.807) is 0 Å². The molecule has 0 saturated carbocycles. The van der Waals surface area contributed by atoms with Gasteiger partial charge in [-0.2, -0.15) is 0 Å². The van der Waals surface area contributed by atoms with Crippen LogP contribution in [-0.4, -0.2) is 46.8 Å². The number of aliphatic hydroxyl groups excluding tert-OH is 1. The zero-order chi connectivity index (χ0) is 11.8. The summed E-state index contributed by atoms with van der Waals surface area (Å²) in [6, 6.07) is 0. The van der Waals surface area contributed by atoms with Crippen LogP contribution >= 0.6 is 11.5 Å². The predicted octanol–water partition coefficient (Wildman–Crippen LogP) is 1.17. The Morgan fingerprint density at radius 1 is 1.38 bits per heavy atom. The highest BCUT2D eigenvalue weighted by molar-refractivity contribution is 7.10. The molecular weight excluding hydrogens is 224 g/mol. The minimum atomic E-state index is 0.295. The summed E-state index contributed by atoms with van der Waals surface area (Å²) in [6.07, 6.45) is 3.09. The molecule has 0 spiro atoms. The van der Waals surface area contributed by atoms with E-state index in [-0.39, 0.29) is 0 Å². The van der Waals surface area contributed by atoms with Crippen molar-refractivity contribution in [2.45, 2.75) is 25.8 Å². The second kappa shape index (κ2) is 7.54. The van der Waals surface area contributed by atoms with Crippen molar-refractivity contribution >= 4 is 16.5 Å². The summed E-state index contributed by atoms with van der Waals surface area (Å²) in [5, 5.41) is 16.9. The van der Waals surface area contributed by atoms with Gasteiger partial charge in [0.25, 0.3) is 0 Å². The first-order chi connectivity index (χ1) is 7.77. The van der Waals surface area contributed by atoms with Gasteiger partial charge in [0, 0.05) is 31.7 Å². The van der Waals surface area contributed by atoms with Gasteiger partial charge in [-0.05, 0) is 32.9 Å². The number of nitrogens with zero attached hydrogens (tertiary/aromatic N) is 3. The molecule has 2 N–H and O–H groups in total. The first kappa shape index (κ1) is 13.3. The zero-order valence-electron chi connectivity index (χ0n) is 9.94. The molecule has 0 aliphatic heterocycles. The molecule has 92 valence electrons. The number of anilines is 1. The number of aromatic nitrogens is 2. The van der Waals surface area contributed by atoms with E-state index in [1.807, 2.05) is 7.05 Å². The minimum absolute atomic E-state index is 0.295. The fourth-order valence-corrected chi connectivity index (χ4v) is 2.03. The number of rotatable bonds is 8. The van der Waals surface area contributed by atoms with E-state index in [1.165, 1.54) is 11.5 Å². The van der Waals surface area contributed by atoms with E-state index >= 15 is 0 Å². The molecule has 0 unspecified atom stereocenters. The predicted molar refractivity (Wildman–Crippen MR) is 66.7 cm³/mol. The van der Waals surface area contributed by atoms with Crippen LogP contribution in [0.25, 0.3) is 0 Å². The van der Waals surface area contributed by atoms with Crippen molar-refractivity contribution in [1.29, 1.82) is 0 Å². The standard InChI is InChI=1S/C10H20N4OS/c1-11-10-9(12-13-16-10)8-14(2)6-4-3-5-7-15/h11,15H,3-8H2,1-2H3. The molecule has 0 amide bonds. The highest BCUT2D eigenvalue weighted by Gasteiger charge is 2.08. The Hall–Kier alpha value is -0.720. The SMILES string of the molecule is CNc1snnc1CN(C)CCCCCO. The lowest BCUT2D eigenvalue weighted by atomic mass is 10.2. The fourth-order valence-electron chi connectivity index (χ4n) is 1.51. The number of unbranched alkanes of at least 4 members (excludes halogenated alkanes) is 2.